The fourth-order valence-electron chi connectivity index (χ4n) is 2.68. The van der Waals surface area contributed by atoms with E-state index < -0.39 is 0 Å². The van der Waals surface area contributed by atoms with Crippen LogP contribution in [0.1, 0.15) is 5.69 Å². The van der Waals surface area contributed by atoms with Crippen LogP contribution in [0.4, 0.5) is 11.6 Å². The molecule has 4 rings (SSSR count). The van der Waals surface area contributed by atoms with Crippen LogP contribution in [-0.4, -0.2) is 48.6 Å². The van der Waals surface area contributed by atoms with Gasteiger partial charge in [0.2, 0.25) is 0 Å². The highest BCUT2D eigenvalue weighted by molar-refractivity contribution is 5.77. The van der Waals surface area contributed by atoms with E-state index in [1.165, 1.54) is 0 Å². The van der Waals surface area contributed by atoms with Gasteiger partial charge in [0.05, 0.1) is 43.5 Å². The summed E-state index contributed by atoms with van der Waals surface area (Å²) in [6.07, 6.45) is 6.98. The summed E-state index contributed by atoms with van der Waals surface area (Å²) in [6.45, 7) is 1.73. The molecule has 138 valence electrons. The number of nitrogen functional groups attached to an aromatic ring is 1. The molecule has 4 aromatic rings. The van der Waals surface area contributed by atoms with E-state index in [1.807, 2.05) is 18.3 Å². The number of nitrogens with zero attached hydrogens (tertiary/aromatic N) is 6. The van der Waals surface area contributed by atoms with Crippen LogP contribution < -0.4 is 11.1 Å². The largest absolute Gasteiger partial charge is 0.383 e. The van der Waals surface area contributed by atoms with Crippen LogP contribution in [0.25, 0.3) is 22.3 Å². The van der Waals surface area contributed by atoms with Crippen molar-refractivity contribution in [3.8, 4) is 11.3 Å². The van der Waals surface area contributed by atoms with Gasteiger partial charge in [-0.3, -0.25) is 9.78 Å². The van der Waals surface area contributed by atoms with E-state index in [4.69, 9.17) is 10.5 Å². The highest BCUT2D eigenvalue weighted by Gasteiger charge is 2.10. The number of anilines is 2. The highest BCUT2D eigenvalue weighted by atomic mass is 16.5. The molecule has 0 amide bonds. The van der Waals surface area contributed by atoms with Gasteiger partial charge in [0, 0.05) is 30.5 Å². The molecule has 27 heavy (non-hydrogen) atoms. The van der Waals surface area contributed by atoms with Crippen molar-refractivity contribution in [2.45, 2.75) is 13.1 Å². The number of nitrogens with two attached hydrogens (primary N) is 1. The maximum atomic E-state index is 5.98. The maximum absolute atomic E-state index is 5.98. The van der Waals surface area contributed by atoms with E-state index in [-0.39, 0.29) is 0 Å². The van der Waals surface area contributed by atoms with E-state index in [2.05, 4.69) is 35.6 Å². The van der Waals surface area contributed by atoms with Crippen molar-refractivity contribution < 1.29 is 4.74 Å². The second-order valence-electron chi connectivity index (χ2n) is 5.90. The number of aromatic amines is 1. The first-order valence-corrected chi connectivity index (χ1v) is 8.40. The molecule has 10 heteroatoms. The van der Waals surface area contributed by atoms with Crippen molar-refractivity contribution in [1.82, 2.24) is 34.9 Å². The first kappa shape index (κ1) is 16.9. The summed E-state index contributed by atoms with van der Waals surface area (Å²) >= 11 is 0. The molecule has 10 nitrogen and oxygen atoms in total. The summed E-state index contributed by atoms with van der Waals surface area (Å²) < 4.78 is 6.86. The molecule has 0 unspecified atom stereocenters. The number of hydrogen-bond acceptors (Lipinski definition) is 8. The second kappa shape index (κ2) is 7.38. The zero-order chi connectivity index (χ0) is 18.6. The summed E-state index contributed by atoms with van der Waals surface area (Å²) in [5.41, 5.74) is 9.10. The van der Waals surface area contributed by atoms with Gasteiger partial charge in [-0.2, -0.15) is 10.2 Å². The number of fused-ring (bicyclic) bond motifs is 1. The minimum Gasteiger partial charge on any atom is -0.383 e. The van der Waals surface area contributed by atoms with Gasteiger partial charge >= 0.3 is 0 Å². The molecular weight excluding hydrogens is 346 g/mol. The van der Waals surface area contributed by atoms with Crippen molar-refractivity contribution in [1.29, 1.82) is 0 Å². The summed E-state index contributed by atoms with van der Waals surface area (Å²) in [7, 11) is 1.66. The second-order valence-corrected chi connectivity index (χ2v) is 5.90. The molecule has 4 heterocycles. The monoisotopic (exact) mass is 365 g/mol. The lowest BCUT2D eigenvalue weighted by Crippen LogP contribution is -2.07. The topological polar surface area (TPSA) is 132 Å². The van der Waals surface area contributed by atoms with Crippen LogP contribution in [0.3, 0.4) is 0 Å². The van der Waals surface area contributed by atoms with Crippen LogP contribution in [0.5, 0.6) is 0 Å². The van der Waals surface area contributed by atoms with Crippen LogP contribution in [0.2, 0.25) is 0 Å². The number of nitrogens with one attached hydrogen (secondary N) is 2. The van der Waals surface area contributed by atoms with Gasteiger partial charge in [-0.1, -0.05) is 0 Å². The molecule has 0 spiro atoms. The molecule has 0 aliphatic carbocycles. The third-order valence-corrected chi connectivity index (χ3v) is 4.10. The Morgan fingerprint density at radius 1 is 1.30 bits per heavy atom. The molecule has 0 bridgehead atoms. The standard InChI is InChI=1S/C17H19N9O/c1-27-6-5-26-10-11(7-22-26)13-8-20-15(18)17(23-13)21-9-14-12-3-2-4-19-16(12)25-24-14/h2-4,7-8,10H,5-6,9H2,1H3,(H2,18,20)(H,21,23)(H,19,24,25). The first-order chi connectivity index (χ1) is 13.2. The molecule has 0 aromatic carbocycles. The van der Waals surface area contributed by atoms with Crippen molar-refractivity contribution in [3.05, 3.63) is 42.6 Å². The Labute approximate surface area is 154 Å². The van der Waals surface area contributed by atoms with Crippen LogP contribution >= 0.6 is 0 Å². The van der Waals surface area contributed by atoms with Gasteiger partial charge in [-0.25, -0.2) is 15.0 Å². The number of hydrogen-bond donors (Lipinski definition) is 3. The predicted molar refractivity (Wildman–Crippen MR) is 101 cm³/mol. The summed E-state index contributed by atoms with van der Waals surface area (Å²) in [4.78, 5) is 13.0. The molecule has 0 saturated heterocycles. The normalized spacial score (nSPS) is 11.1. The zero-order valence-electron chi connectivity index (χ0n) is 14.8. The third-order valence-electron chi connectivity index (χ3n) is 4.10. The Hall–Kier alpha value is -3.53. The number of rotatable bonds is 7. The Morgan fingerprint density at radius 3 is 3.11 bits per heavy atom. The number of methoxy groups -OCH3 is 1. The summed E-state index contributed by atoms with van der Waals surface area (Å²) in [5.74, 6) is 0.830. The molecule has 4 N–H and O–H groups in total. The fourth-order valence-corrected chi connectivity index (χ4v) is 2.68. The Balaban J connectivity index is 1.53. The number of ether oxygens (including phenoxy) is 1. The third kappa shape index (κ3) is 3.55. The summed E-state index contributed by atoms with van der Waals surface area (Å²) in [5, 5.41) is 15.6. The van der Waals surface area contributed by atoms with E-state index in [9.17, 15) is 0 Å². The van der Waals surface area contributed by atoms with Crippen molar-refractivity contribution in [3.63, 3.8) is 0 Å². The highest BCUT2D eigenvalue weighted by Crippen LogP contribution is 2.22. The lowest BCUT2D eigenvalue weighted by atomic mass is 10.2. The van der Waals surface area contributed by atoms with Crippen LogP contribution in [-0.2, 0) is 17.8 Å². The SMILES string of the molecule is COCCn1cc(-c2cnc(N)c(NCc3[nH]nc4ncccc34)n2)cn1. The van der Waals surface area contributed by atoms with Gasteiger partial charge in [0.1, 0.15) is 0 Å². The number of H-pyrrole nitrogens is 1. The molecule has 0 atom stereocenters. The van der Waals surface area contributed by atoms with Gasteiger partial charge in [0.15, 0.2) is 17.3 Å². The Bertz CT molecular complexity index is 1060. The van der Waals surface area contributed by atoms with Gasteiger partial charge in [-0.05, 0) is 12.1 Å². The van der Waals surface area contributed by atoms with Gasteiger partial charge < -0.3 is 15.8 Å². The minimum atomic E-state index is 0.326. The molecule has 4 aromatic heterocycles. The van der Waals surface area contributed by atoms with E-state index in [0.717, 1.165) is 16.6 Å². The predicted octanol–water partition coefficient (Wildman–Crippen LogP) is 1.45. The average molecular weight is 365 g/mol. The lowest BCUT2D eigenvalue weighted by molar-refractivity contribution is 0.183. The average Bonchev–Trinajstić information content (AvgIpc) is 3.33. The molecule has 0 radical (unpaired) electrons. The lowest BCUT2D eigenvalue weighted by Gasteiger charge is -2.08. The van der Waals surface area contributed by atoms with Crippen molar-refractivity contribution in [2.24, 2.45) is 0 Å². The van der Waals surface area contributed by atoms with E-state index in [0.29, 0.717) is 42.7 Å². The van der Waals surface area contributed by atoms with E-state index >= 15 is 0 Å². The summed E-state index contributed by atoms with van der Waals surface area (Å²) in [6, 6.07) is 3.83. The fraction of sp³-hybridized carbons (Fsp3) is 0.235. The molecule has 0 fully saturated rings. The minimum absolute atomic E-state index is 0.326. The first-order valence-electron chi connectivity index (χ1n) is 8.40. The van der Waals surface area contributed by atoms with Crippen molar-refractivity contribution in [2.75, 3.05) is 24.8 Å². The van der Waals surface area contributed by atoms with Crippen LogP contribution in [0.15, 0.2) is 36.9 Å². The van der Waals surface area contributed by atoms with Crippen LogP contribution in [0, 0.1) is 0 Å². The molecule has 0 aliphatic rings. The van der Waals surface area contributed by atoms with Crippen molar-refractivity contribution >= 4 is 22.7 Å². The zero-order valence-corrected chi connectivity index (χ0v) is 14.8. The molecular formula is C17H19N9O. The number of aromatic nitrogens is 7. The van der Waals surface area contributed by atoms with E-state index in [1.54, 1.807) is 30.4 Å². The quantitative estimate of drug-likeness (QED) is 0.448. The Morgan fingerprint density at radius 2 is 2.22 bits per heavy atom. The van der Waals surface area contributed by atoms with Gasteiger partial charge in [0.25, 0.3) is 0 Å². The smallest absolute Gasteiger partial charge is 0.181 e. The molecule has 0 saturated carbocycles. The van der Waals surface area contributed by atoms with Gasteiger partial charge in [-0.15, -0.1) is 0 Å². The molecule has 0 aliphatic heterocycles. The Kier molecular flexibility index (Phi) is 4.62. The number of pyridine rings is 1. The maximum Gasteiger partial charge on any atom is 0.181 e.